The number of nitrogens with one attached hydrogen (secondary N) is 1. The molecule has 0 radical (unpaired) electrons. The topological polar surface area (TPSA) is 113 Å². The van der Waals surface area contributed by atoms with Gasteiger partial charge in [-0.25, -0.2) is 13.2 Å². The highest BCUT2D eigenvalue weighted by atomic mass is 32.2. The Kier molecular flexibility index (Phi) is 3.85. The Morgan fingerprint density at radius 2 is 2.35 bits per heavy atom. The van der Waals surface area contributed by atoms with Crippen LogP contribution in [0.15, 0.2) is 11.2 Å². The molecular weight excluding hydrogens is 286 g/mol. The normalized spacial score (nSPS) is 23.9. The van der Waals surface area contributed by atoms with E-state index in [1.807, 2.05) is 0 Å². The van der Waals surface area contributed by atoms with E-state index in [9.17, 15) is 18.3 Å². The summed E-state index contributed by atoms with van der Waals surface area (Å²) >= 11 is 0. The van der Waals surface area contributed by atoms with Gasteiger partial charge in [0.25, 0.3) is 10.0 Å². The number of nitrogens with zero attached hydrogens (tertiary/aromatic N) is 2. The third-order valence-electron chi connectivity index (χ3n) is 3.11. The minimum atomic E-state index is -3.91. The molecular formula is C11H17N3O5S. The zero-order valence-corrected chi connectivity index (χ0v) is 12.1. The van der Waals surface area contributed by atoms with E-state index in [1.165, 1.54) is 0 Å². The number of β-amino-alcohol motifs (C(OH)–C–C–N with tert-alkyl or cyclic N) is 1. The number of carbonyl (C=O) groups excluding carboxylic acids is 1. The fourth-order valence-corrected chi connectivity index (χ4v) is 3.68. The van der Waals surface area contributed by atoms with E-state index in [4.69, 9.17) is 4.74 Å². The molecule has 1 atom stereocenters. The summed E-state index contributed by atoms with van der Waals surface area (Å²) in [5.74, 6) is -0.745. The van der Waals surface area contributed by atoms with Crippen molar-refractivity contribution in [1.29, 1.82) is 0 Å². The summed E-state index contributed by atoms with van der Waals surface area (Å²) in [6.45, 7) is 3.51. The van der Waals surface area contributed by atoms with Gasteiger partial charge in [0.15, 0.2) is 5.03 Å². The zero-order chi connectivity index (χ0) is 15.0. The molecule has 0 saturated carbocycles. The molecule has 2 rings (SSSR count). The molecule has 8 nitrogen and oxygen atoms in total. The minimum absolute atomic E-state index is 0.0172. The third kappa shape index (κ3) is 2.69. The van der Waals surface area contributed by atoms with Crippen LogP contribution in [-0.2, 0) is 14.8 Å². The van der Waals surface area contributed by atoms with E-state index < -0.39 is 21.6 Å². The Morgan fingerprint density at radius 3 is 2.90 bits per heavy atom. The van der Waals surface area contributed by atoms with E-state index in [-0.39, 0.29) is 30.3 Å². The SMILES string of the molecule is CCOC(=O)c1cn[nH]c1S(=O)(=O)N1CCC(C)(O)C1. The molecule has 0 amide bonds. The van der Waals surface area contributed by atoms with Crippen molar-refractivity contribution in [3.63, 3.8) is 0 Å². The number of aromatic amines is 1. The molecule has 0 aromatic carbocycles. The Bertz CT molecular complexity index is 607. The van der Waals surface area contributed by atoms with Gasteiger partial charge in [-0.3, -0.25) is 5.10 Å². The van der Waals surface area contributed by atoms with Crippen LogP contribution in [0.5, 0.6) is 0 Å². The van der Waals surface area contributed by atoms with Gasteiger partial charge in [-0.05, 0) is 20.3 Å². The molecule has 1 aromatic rings. The summed E-state index contributed by atoms with van der Waals surface area (Å²) < 4.78 is 30.8. The minimum Gasteiger partial charge on any atom is -0.462 e. The van der Waals surface area contributed by atoms with Gasteiger partial charge in [0.2, 0.25) is 0 Å². The molecule has 1 saturated heterocycles. The lowest BCUT2D eigenvalue weighted by atomic mass is 10.1. The first-order valence-electron chi connectivity index (χ1n) is 6.21. The zero-order valence-electron chi connectivity index (χ0n) is 11.3. The molecule has 2 heterocycles. The van der Waals surface area contributed by atoms with Gasteiger partial charge in [0, 0.05) is 13.1 Å². The summed E-state index contributed by atoms with van der Waals surface area (Å²) in [4.78, 5) is 11.7. The fourth-order valence-electron chi connectivity index (χ4n) is 2.06. The standard InChI is InChI=1S/C11H17N3O5S/c1-3-19-10(15)8-6-12-13-9(8)20(17,18)14-5-4-11(2,16)7-14/h6,16H,3-5,7H2,1-2H3,(H,12,13). The van der Waals surface area contributed by atoms with Crippen molar-refractivity contribution in [1.82, 2.24) is 14.5 Å². The first kappa shape index (κ1) is 14.9. The predicted octanol–water partition coefficient (Wildman–Crippen LogP) is -0.268. The Morgan fingerprint density at radius 1 is 1.65 bits per heavy atom. The van der Waals surface area contributed by atoms with Crippen LogP contribution in [0.25, 0.3) is 0 Å². The van der Waals surface area contributed by atoms with E-state index in [2.05, 4.69) is 10.2 Å². The first-order valence-corrected chi connectivity index (χ1v) is 7.65. The van der Waals surface area contributed by atoms with E-state index >= 15 is 0 Å². The molecule has 1 aliphatic rings. The van der Waals surface area contributed by atoms with Crippen LogP contribution in [-0.4, -0.2) is 59.3 Å². The number of hydrogen-bond acceptors (Lipinski definition) is 6. The van der Waals surface area contributed by atoms with Crippen molar-refractivity contribution in [3.05, 3.63) is 11.8 Å². The van der Waals surface area contributed by atoms with Gasteiger partial charge in [-0.2, -0.15) is 9.40 Å². The number of ether oxygens (including phenoxy) is 1. The third-order valence-corrected chi connectivity index (χ3v) is 4.93. The summed E-state index contributed by atoms with van der Waals surface area (Å²) in [5, 5.41) is 15.5. The molecule has 1 aromatic heterocycles. The largest absolute Gasteiger partial charge is 0.462 e. The second kappa shape index (κ2) is 5.15. The Hall–Kier alpha value is -1.45. The molecule has 0 bridgehead atoms. The van der Waals surface area contributed by atoms with Gasteiger partial charge < -0.3 is 9.84 Å². The highest BCUT2D eigenvalue weighted by molar-refractivity contribution is 7.89. The average molecular weight is 303 g/mol. The van der Waals surface area contributed by atoms with Gasteiger partial charge in [0.1, 0.15) is 5.56 Å². The molecule has 1 unspecified atom stereocenters. The summed E-state index contributed by atoms with van der Waals surface area (Å²) in [6, 6.07) is 0. The summed E-state index contributed by atoms with van der Waals surface area (Å²) in [6.07, 6.45) is 1.47. The van der Waals surface area contributed by atoms with E-state index in [1.54, 1.807) is 13.8 Å². The molecule has 20 heavy (non-hydrogen) atoms. The summed E-state index contributed by atoms with van der Waals surface area (Å²) in [5.41, 5.74) is -1.18. The van der Waals surface area contributed by atoms with Crippen LogP contribution in [0.4, 0.5) is 0 Å². The van der Waals surface area contributed by atoms with Gasteiger partial charge in [-0.1, -0.05) is 0 Å². The highest BCUT2D eigenvalue weighted by Crippen LogP contribution is 2.27. The van der Waals surface area contributed by atoms with Crippen LogP contribution in [0.2, 0.25) is 0 Å². The lowest BCUT2D eigenvalue weighted by molar-refractivity contribution is 0.0521. The van der Waals surface area contributed by atoms with Gasteiger partial charge >= 0.3 is 5.97 Å². The smallest absolute Gasteiger partial charge is 0.342 e. The highest BCUT2D eigenvalue weighted by Gasteiger charge is 2.40. The quantitative estimate of drug-likeness (QED) is 0.741. The van der Waals surface area contributed by atoms with Crippen LogP contribution < -0.4 is 0 Å². The van der Waals surface area contributed by atoms with Crippen molar-refractivity contribution >= 4 is 16.0 Å². The van der Waals surface area contributed by atoms with Crippen molar-refractivity contribution in [2.24, 2.45) is 0 Å². The maximum Gasteiger partial charge on any atom is 0.342 e. The number of H-pyrrole nitrogens is 1. The number of rotatable bonds is 4. The number of aromatic nitrogens is 2. The van der Waals surface area contributed by atoms with Gasteiger partial charge in [0.05, 0.1) is 18.4 Å². The number of carbonyl (C=O) groups is 1. The van der Waals surface area contributed by atoms with E-state index in [0.717, 1.165) is 10.5 Å². The molecule has 0 aliphatic carbocycles. The lowest BCUT2D eigenvalue weighted by Crippen LogP contribution is -2.34. The van der Waals surface area contributed by atoms with Crippen molar-refractivity contribution < 1.29 is 23.1 Å². The number of esters is 1. The maximum absolute atomic E-state index is 12.4. The fraction of sp³-hybridized carbons (Fsp3) is 0.636. The van der Waals surface area contributed by atoms with Crippen LogP contribution in [0.1, 0.15) is 30.6 Å². The first-order chi connectivity index (χ1) is 9.28. The molecule has 9 heteroatoms. The van der Waals surface area contributed by atoms with Crippen LogP contribution in [0.3, 0.4) is 0 Å². The number of hydrogen-bond donors (Lipinski definition) is 2. The Labute approximate surface area is 116 Å². The van der Waals surface area contributed by atoms with Crippen molar-refractivity contribution in [2.75, 3.05) is 19.7 Å². The summed E-state index contributed by atoms with van der Waals surface area (Å²) in [7, 11) is -3.91. The molecule has 1 aliphatic heterocycles. The predicted molar refractivity (Wildman–Crippen MR) is 68.5 cm³/mol. The van der Waals surface area contributed by atoms with Crippen LogP contribution in [0, 0.1) is 0 Å². The van der Waals surface area contributed by atoms with Crippen molar-refractivity contribution in [3.8, 4) is 0 Å². The monoisotopic (exact) mass is 303 g/mol. The second-order valence-electron chi connectivity index (χ2n) is 4.92. The second-order valence-corrected chi connectivity index (χ2v) is 6.79. The average Bonchev–Trinajstić information content (AvgIpc) is 2.95. The molecule has 1 fully saturated rings. The van der Waals surface area contributed by atoms with E-state index in [0.29, 0.717) is 6.42 Å². The number of sulfonamides is 1. The van der Waals surface area contributed by atoms with Crippen LogP contribution >= 0.6 is 0 Å². The van der Waals surface area contributed by atoms with Crippen molar-refractivity contribution in [2.45, 2.75) is 30.9 Å². The molecule has 112 valence electrons. The number of aliphatic hydroxyl groups is 1. The van der Waals surface area contributed by atoms with Gasteiger partial charge in [-0.15, -0.1) is 0 Å². The lowest BCUT2D eigenvalue weighted by Gasteiger charge is -2.18. The maximum atomic E-state index is 12.4. The Balaban J connectivity index is 2.32. The molecule has 0 spiro atoms. The molecule has 2 N–H and O–H groups in total.